The van der Waals surface area contributed by atoms with Gasteiger partial charge in [-0.2, -0.15) is 0 Å². The van der Waals surface area contributed by atoms with Crippen LogP contribution in [-0.2, 0) is 29.0 Å². The van der Waals surface area contributed by atoms with Crippen LogP contribution < -0.4 is 5.32 Å². The van der Waals surface area contributed by atoms with Crippen molar-refractivity contribution in [2.45, 2.75) is 83.8 Å². The third kappa shape index (κ3) is 7.09. The number of hydrogen-bond donors (Lipinski definition) is 1. The number of nitrogens with zero attached hydrogens (tertiary/aromatic N) is 1. The Balaban J connectivity index is 1.68. The highest BCUT2D eigenvalue weighted by Crippen LogP contribution is 2.19. The first kappa shape index (κ1) is 24.3. The van der Waals surface area contributed by atoms with Crippen LogP contribution in [0.5, 0.6) is 0 Å². The molecule has 4 nitrogen and oxygen atoms in total. The highest BCUT2D eigenvalue weighted by atomic mass is 35.5. The van der Waals surface area contributed by atoms with Gasteiger partial charge in [-0.25, -0.2) is 0 Å². The van der Waals surface area contributed by atoms with Crippen LogP contribution >= 0.6 is 11.6 Å². The molecule has 0 heterocycles. The molecule has 0 aromatic heterocycles. The third-order valence-electron chi connectivity index (χ3n) is 6.44. The number of nitrogens with one attached hydrogen (secondary N) is 1. The average molecular weight is 455 g/mol. The third-order valence-corrected chi connectivity index (χ3v) is 6.70. The van der Waals surface area contributed by atoms with E-state index in [9.17, 15) is 9.59 Å². The van der Waals surface area contributed by atoms with Crippen molar-refractivity contribution < 1.29 is 9.59 Å². The van der Waals surface area contributed by atoms with Crippen LogP contribution in [0.25, 0.3) is 0 Å². The lowest BCUT2D eigenvalue weighted by Crippen LogP contribution is -2.50. The second-order valence-corrected chi connectivity index (χ2v) is 9.27. The molecule has 2 aromatic rings. The quantitative estimate of drug-likeness (QED) is 0.528. The van der Waals surface area contributed by atoms with Gasteiger partial charge in [0.25, 0.3) is 0 Å². The molecule has 0 radical (unpaired) electrons. The fourth-order valence-electron chi connectivity index (χ4n) is 4.27. The second-order valence-electron chi connectivity index (χ2n) is 8.84. The van der Waals surface area contributed by atoms with Gasteiger partial charge in [0, 0.05) is 24.0 Å². The molecule has 0 saturated heterocycles. The van der Waals surface area contributed by atoms with Crippen LogP contribution in [0.2, 0.25) is 5.02 Å². The molecule has 1 aliphatic rings. The van der Waals surface area contributed by atoms with Crippen LogP contribution in [0.15, 0.2) is 48.5 Å². The summed E-state index contributed by atoms with van der Waals surface area (Å²) < 4.78 is 0. The van der Waals surface area contributed by atoms with E-state index in [1.807, 2.05) is 31.2 Å². The van der Waals surface area contributed by atoms with E-state index in [0.29, 0.717) is 24.4 Å². The van der Waals surface area contributed by atoms with Crippen LogP contribution in [-0.4, -0.2) is 28.8 Å². The molecule has 0 spiro atoms. The van der Waals surface area contributed by atoms with Gasteiger partial charge >= 0.3 is 0 Å². The maximum absolute atomic E-state index is 13.3. The number of halogens is 1. The number of carbonyl (C=O) groups excluding carboxylic acids is 2. The van der Waals surface area contributed by atoms with Crippen molar-refractivity contribution in [3.63, 3.8) is 0 Å². The molecule has 172 valence electrons. The van der Waals surface area contributed by atoms with Crippen molar-refractivity contribution in [1.82, 2.24) is 10.2 Å². The van der Waals surface area contributed by atoms with Crippen LogP contribution in [0.4, 0.5) is 0 Å². The van der Waals surface area contributed by atoms with E-state index in [2.05, 4.69) is 36.5 Å². The number of hydrogen-bond acceptors (Lipinski definition) is 2. The Morgan fingerprint density at radius 1 is 0.969 bits per heavy atom. The minimum absolute atomic E-state index is 0.00851. The molecule has 0 bridgehead atoms. The maximum Gasteiger partial charge on any atom is 0.242 e. The summed E-state index contributed by atoms with van der Waals surface area (Å²) in [6.45, 7) is 4.36. The van der Waals surface area contributed by atoms with Crippen LogP contribution in [0.1, 0.15) is 69.1 Å². The summed E-state index contributed by atoms with van der Waals surface area (Å²) >= 11 is 6.03. The summed E-state index contributed by atoms with van der Waals surface area (Å²) in [6.07, 6.45) is 7.64. The molecule has 1 saturated carbocycles. The Kier molecular flexibility index (Phi) is 9.16. The molecule has 2 aromatic carbocycles. The van der Waals surface area contributed by atoms with Crippen molar-refractivity contribution in [3.8, 4) is 0 Å². The topological polar surface area (TPSA) is 49.4 Å². The zero-order chi connectivity index (χ0) is 22.9. The van der Waals surface area contributed by atoms with Gasteiger partial charge in [0.05, 0.1) is 0 Å². The van der Waals surface area contributed by atoms with E-state index in [0.717, 1.165) is 43.2 Å². The predicted octanol–water partition coefficient (Wildman–Crippen LogP) is 5.70. The molecular weight excluding hydrogens is 420 g/mol. The molecule has 1 atom stereocenters. The lowest BCUT2D eigenvalue weighted by Gasteiger charge is -2.31. The van der Waals surface area contributed by atoms with E-state index in [1.165, 1.54) is 12.0 Å². The normalized spacial score (nSPS) is 15.2. The Bertz CT molecular complexity index is 874. The minimum Gasteiger partial charge on any atom is -0.352 e. The summed E-state index contributed by atoms with van der Waals surface area (Å²) in [6, 6.07) is 15.6. The Morgan fingerprint density at radius 2 is 1.56 bits per heavy atom. The SMILES string of the molecule is CCc1ccc(CCC(=O)N(Cc2ccc(Cl)cc2)[C@H](C)C(=O)NC2CCCCC2)cc1. The monoisotopic (exact) mass is 454 g/mol. The molecule has 32 heavy (non-hydrogen) atoms. The molecule has 0 aliphatic heterocycles. The zero-order valence-corrected chi connectivity index (χ0v) is 20.0. The van der Waals surface area contributed by atoms with Gasteiger partial charge in [0.2, 0.25) is 11.8 Å². The first-order chi connectivity index (χ1) is 15.5. The lowest BCUT2D eigenvalue weighted by molar-refractivity contribution is -0.141. The van der Waals surface area contributed by atoms with Gasteiger partial charge in [0.15, 0.2) is 0 Å². The molecule has 3 rings (SSSR count). The van der Waals surface area contributed by atoms with E-state index in [1.54, 1.807) is 4.90 Å². The van der Waals surface area contributed by atoms with E-state index in [4.69, 9.17) is 11.6 Å². The van der Waals surface area contributed by atoms with Crippen molar-refractivity contribution in [2.75, 3.05) is 0 Å². The standard InChI is InChI=1S/C27H35ClN2O2/c1-3-21-9-11-22(12-10-21)15-18-26(31)30(19-23-13-16-24(28)17-14-23)20(2)27(32)29-25-7-5-4-6-8-25/h9-14,16-17,20,25H,3-8,15,18-19H2,1-2H3,(H,29,32)/t20-/m1/s1. The molecule has 1 aliphatic carbocycles. The number of rotatable bonds is 9. The van der Waals surface area contributed by atoms with Gasteiger partial charge in [-0.1, -0.05) is 74.2 Å². The highest BCUT2D eigenvalue weighted by Gasteiger charge is 2.27. The molecular formula is C27H35ClN2O2. The predicted molar refractivity (Wildman–Crippen MR) is 131 cm³/mol. The fraction of sp³-hybridized carbons (Fsp3) is 0.481. The number of aryl methyl sites for hydroxylation is 2. The first-order valence-electron chi connectivity index (χ1n) is 11.9. The first-order valence-corrected chi connectivity index (χ1v) is 12.3. The van der Waals surface area contributed by atoms with Gasteiger partial charge in [-0.05, 0) is 61.4 Å². The number of carbonyl (C=O) groups is 2. The zero-order valence-electron chi connectivity index (χ0n) is 19.3. The molecule has 5 heteroatoms. The average Bonchev–Trinajstić information content (AvgIpc) is 2.82. The Labute approximate surface area is 197 Å². The minimum atomic E-state index is -0.525. The summed E-state index contributed by atoms with van der Waals surface area (Å²) in [5.74, 6) is -0.0719. The van der Waals surface area contributed by atoms with Crippen LogP contribution in [0, 0.1) is 0 Å². The van der Waals surface area contributed by atoms with Crippen molar-refractivity contribution in [3.05, 3.63) is 70.2 Å². The largest absolute Gasteiger partial charge is 0.352 e. The second kappa shape index (κ2) is 12.1. The van der Waals surface area contributed by atoms with Gasteiger partial charge in [-0.3, -0.25) is 9.59 Å². The Morgan fingerprint density at radius 3 is 2.19 bits per heavy atom. The number of amides is 2. The summed E-state index contributed by atoms with van der Waals surface area (Å²) in [5, 5.41) is 3.84. The maximum atomic E-state index is 13.3. The Hall–Kier alpha value is -2.33. The van der Waals surface area contributed by atoms with Crippen molar-refractivity contribution >= 4 is 23.4 Å². The molecule has 2 amide bonds. The highest BCUT2D eigenvalue weighted by molar-refractivity contribution is 6.30. The molecule has 0 unspecified atom stereocenters. The van der Waals surface area contributed by atoms with Crippen molar-refractivity contribution in [1.29, 1.82) is 0 Å². The number of benzene rings is 2. The summed E-state index contributed by atoms with van der Waals surface area (Å²) in [5.41, 5.74) is 3.39. The van der Waals surface area contributed by atoms with Gasteiger partial charge < -0.3 is 10.2 Å². The molecule has 1 N–H and O–H groups in total. The summed E-state index contributed by atoms with van der Waals surface area (Å²) in [7, 11) is 0. The lowest BCUT2D eigenvalue weighted by atomic mass is 9.95. The van der Waals surface area contributed by atoms with E-state index >= 15 is 0 Å². The summed E-state index contributed by atoms with van der Waals surface area (Å²) in [4.78, 5) is 28.0. The fourth-order valence-corrected chi connectivity index (χ4v) is 4.40. The van der Waals surface area contributed by atoms with Crippen molar-refractivity contribution in [2.24, 2.45) is 0 Å². The van der Waals surface area contributed by atoms with Gasteiger partial charge in [0.1, 0.15) is 6.04 Å². The van der Waals surface area contributed by atoms with Gasteiger partial charge in [-0.15, -0.1) is 0 Å². The van der Waals surface area contributed by atoms with E-state index in [-0.39, 0.29) is 17.9 Å². The molecule has 1 fully saturated rings. The van der Waals surface area contributed by atoms with E-state index < -0.39 is 6.04 Å². The smallest absolute Gasteiger partial charge is 0.242 e. The van der Waals surface area contributed by atoms with Crippen LogP contribution in [0.3, 0.4) is 0 Å².